The number of fused-ring (bicyclic) bond motifs is 1. The van der Waals surface area contributed by atoms with E-state index in [4.69, 9.17) is 4.98 Å². The van der Waals surface area contributed by atoms with Crippen molar-refractivity contribution in [2.24, 2.45) is 5.92 Å². The van der Waals surface area contributed by atoms with Crippen LogP contribution in [0.2, 0.25) is 0 Å². The molecule has 0 bridgehead atoms. The highest BCUT2D eigenvalue weighted by Crippen LogP contribution is 2.26. The second-order valence-electron chi connectivity index (χ2n) is 7.51. The van der Waals surface area contributed by atoms with E-state index in [0.29, 0.717) is 5.92 Å². The average molecular weight is 362 g/mol. The lowest BCUT2D eigenvalue weighted by molar-refractivity contribution is 0.0683. The van der Waals surface area contributed by atoms with Crippen molar-refractivity contribution >= 4 is 17.1 Å². The quantitative estimate of drug-likeness (QED) is 0.692. The number of pyridine rings is 1. The Kier molecular flexibility index (Phi) is 4.92. The van der Waals surface area contributed by atoms with Crippen molar-refractivity contribution in [1.82, 2.24) is 19.4 Å². The fourth-order valence-corrected chi connectivity index (χ4v) is 3.96. The number of hydrogen-bond acceptors (Lipinski definition) is 3. The monoisotopic (exact) mass is 362 g/mol. The molecule has 0 spiro atoms. The van der Waals surface area contributed by atoms with Gasteiger partial charge in [0.1, 0.15) is 11.3 Å². The number of aromatic nitrogens is 3. The SMILES string of the molecule is CCCn1c(-c2cccc(C(=O)N3CCC[C@H](C)C3)c2)nc2cccnc21. The third-order valence-electron chi connectivity index (χ3n) is 5.26. The van der Waals surface area contributed by atoms with Gasteiger partial charge in [0.15, 0.2) is 5.65 Å². The Morgan fingerprint density at radius 2 is 2.15 bits per heavy atom. The van der Waals surface area contributed by atoms with Crippen molar-refractivity contribution in [1.29, 1.82) is 0 Å². The Morgan fingerprint density at radius 3 is 2.96 bits per heavy atom. The highest BCUT2D eigenvalue weighted by Gasteiger charge is 2.22. The first kappa shape index (κ1) is 17.7. The van der Waals surface area contributed by atoms with Gasteiger partial charge in [-0.2, -0.15) is 0 Å². The average Bonchev–Trinajstić information content (AvgIpc) is 3.07. The summed E-state index contributed by atoms with van der Waals surface area (Å²) < 4.78 is 2.15. The molecule has 1 aliphatic rings. The molecule has 3 heterocycles. The molecule has 0 aliphatic carbocycles. The van der Waals surface area contributed by atoms with E-state index in [1.807, 2.05) is 41.3 Å². The first-order chi connectivity index (χ1) is 13.2. The molecule has 1 amide bonds. The molecule has 1 fully saturated rings. The second-order valence-corrected chi connectivity index (χ2v) is 7.51. The van der Waals surface area contributed by atoms with Crippen molar-refractivity contribution < 1.29 is 4.79 Å². The predicted octanol–water partition coefficient (Wildman–Crippen LogP) is 4.38. The summed E-state index contributed by atoms with van der Waals surface area (Å²) in [6.07, 6.45) is 5.10. The van der Waals surface area contributed by atoms with Gasteiger partial charge >= 0.3 is 0 Å². The summed E-state index contributed by atoms with van der Waals surface area (Å²) in [5.74, 6) is 1.58. The first-order valence-corrected chi connectivity index (χ1v) is 9.88. The third kappa shape index (κ3) is 3.46. The molecule has 1 atom stereocenters. The zero-order chi connectivity index (χ0) is 18.8. The van der Waals surface area contributed by atoms with Crippen molar-refractivity contribution in [3.63, 3.8) is 0 Å². The first-order valence-electron chi connectivity index (χ1n) is 9.88. The van der Waals surface area contributed by atoms with Gasteiger partial charge in [0.05, 0.1) is 0 Å². The number of carbonyl (C=O) groups is 1. The Bertz CT molecular complexity index is 962. The van der Waals surface area contributed by atoms with E-state index < -0.39 is 0 Å². The number of piperidine rings is 1. The van der Waals surface area contributed by atoms with Gasteiger partial charge in [-0.3, -0.25) is 4.79 Å². The van der Waals surface area contributed by atoms with Crippen LogP contribution < -0.4 is 0 Å². The Labute approximate surface area is 160 Å². The number of likely N-dealkylation sites (tertiary alicyclic amines) is 1. The van der Waals surface area contributed by atoms with Crippen LogP contribution >= 0.6 is 0 Å². The topological polar surface area (TPSA) is 51.0 Å². The number of imidazole rings is 1. The van der Waals surface area contributed by atoms with Crippen molar-refractivity contribution in [3.8, 4) is 11.4 Å². The number of nitrogens with zero attached hydrogens (tertiary/aromatic N) is 4. The Balaban J connectivity index is 1.71. The maximum absolute atomic E-state index is 13.0. The second kappa shape index (κ2) is 7.51. The predicted molar refractivity (Wildman–Crippen MR) is 108 cm³/mol. The number of amides is 1. The van der Waals surface area contributed by atoms with Crippen LogP contribution in [0.25, 0.3) is 22.6 Å². The smallest absolute Gasteiger partial charge is 0.253 e. The van der Waals surface area contributed by atoms with E-state index in [9.17, 15) is 4.79 Å². The fraction of sp³-hybridized carbons (Fsp3) is 0.409. The van der Waals surface area contributed by atoms with E-state index in [1.165, 1.54) is 6.42 Å². The highest BCUT2D eigenvalue weighted by atomic mass is 16.2. The zero-order valence-electron chi connectivity index (χ0n) is 16.1. The molecule has 5 nitrogen and oxygen atoms in total. The molecule has 0 saturated carbocycles. The lowest BCUT2D eigenvalue weighted by atomic mass is 9.99. The molecule has 5 heteroatoms. The summed E-state index contributed by atoms with van der Waals surface area (Å²) >= 11 is 0. The summed E-state index contributed by atoms with van der Waals surface area (Å²) in [7, 11) is 0. The minimum absolute atomic E-state index is 0.125. The largest absolute Gasteiger partial charge is 0.338 e. The molecule has 1 saturated heterocycles. The molecule has 3 aromatic rings. The van der Waals surface area contributed by atoms with Gasteiger partial charge < -0.3 is 9.47 Å². The number of aryl methyl sites for hydroxylation is 1. The number of rotatable bonds is 4. The normalized spacial score (nSPS) is 17.4. The molecule has 27 heavy (non-hydrogen) atoms. The van der Waals surface area contributed by atoms with Gasteiger partial charge in [0, 0.05) is 37.0 Å². The van der Waals surface area contributed by atoms with E-state index in [0.717, 1.165) is 60.6 Å². The Hall–Kier alpha value is -2.69. The summed E-state index contributed by atoms with van der Waals surface area (Å²) in [6.45, 7) is 6.92. The summed E-state index contributed by atoms with van der Waals surface area (Å²) in [4.78, 5) is 24.3. The van der Waals surface area contributed by atoms with Crippen LogP contribution in [0, 0.1) is 5.92 Å². The highest BCUT2D eigenvalue weighted by molar-refractivity contribution is 5.95. The van der Waals surface area contributed by atoms with Gasteiger partial charge in [0.25, 0.3) is 5.91 Å². The molecule has 1 aliphatic heterocycles. The van der Waals surface area contributed by atoms with Gasteiger partial charge in [0.2, 0.25) is 0 Å². The molecule has 140 valence electrons. The third-order valence-corrected chi connectivity index (χ3v) is 5.26. The molecular weight excluding hydrogens is 336 g/mol. The maximum Gasteiger partial charge on any atom is 0.253 e. The van der Waals surface area contributed by atoms with Crippen molar-refractivity contribution in [2.45, 2.75) is 39.7 Å². The van der Waals surface area contributed by atoms with Gasteiger partial charge in [-0.25, -0.2) is 9.97 Å². The van der Waals surface area contributed by atoms with E-state index in [-0.39, 0.29) is 5.91 Å². The number of carbonyl (C=O) groups excluding carboxylic acids is 1. The maximum atomic E-state index is 13.0. The summed E-state index contributed by atoms with van der Waals surface area (Å²) in [5.41, 5.74) is 3.50. The molecule has 4 rings (SSSR count). The van der Waals surface area contributed by atoms with Crippen molar-refractivity contribution in [3.05, 3.63) is 48.2 Å². The molecule has 1 aromatic carbocycles. The lowest BCUT2D eigenvalue weighted by Crippen LogP contribution is -2.39. The molecule has 0 radical (unpaired) electrons. The molecule has 0 unspecified atom stereocenters. The fourth-order valence-electron chi connectivity index (χ4n) is 3.96. The lowest BCUT2D eigenvalue weighted by Gasteiger charge is -2.31. The van der Waals surface area contributed by atoms with Crippen LogP contribution in [0.4, 0.5) is 0 Å². The zero-order valence-corrected chi connectivity index (χ0v) is 16.1. The van der Waals surface area contributed by atoms with E-state index >= 15 is 0 Å². The van der Waals surface area contributed by atoms with E-state index in [1.54, 1.807) is 6.20 Å². The van der Waals surface area contributed by atoms with Crippen LogP contribution in [0.15, 0.2) is 42.6 Å². The van der Waals surface area contributed by atoms with Crippen LogP contribution in [0.3, 0.4) is 0 Å². The number of hydrogen-bond donors (Lipinski definition) is 0. The van der Waals surface area contributed by atoms with Crippen LogP contribution in [0.5, 0.6) is 0 Å². The summed E-state index contributed by atoms with van der Waals surface area (Å²) in [6, 6.07) is 11.8. The van der Waals surface area contributed by atoms with Gasteiger partial charge in [-0.15, -0.1) is 0 Å². The van der Waals surface area contributed by atoms with E-state index in [2.05, 4.69) is 23.4 Å². The minimum atomic E-state index is 0.125. The van der Waals surface area contributed by atoms with Gasteiger partial charge in [-0.1, -0.05) is 26.0 Å². The van der Waals surface area contributed by atoms with Crippen LogP contribution in [-0.2, 0) is 6.54 Å². The molecule has 0 N–H and O–H groups in total. The summed E-state index contributed by atoms with van der Waals surface area (Å²) in [5, 5.41) is 0. The standard InChI is InChI=1S/C22H26N4O/c1-3-12-26-20(24-19-10-5-11-23-21(19)26)17-8-4-9-18(14-17)22(27)25-13-6-7-16(2)15-25/h4-5,8-11,14,16H,3,6-7,12-13,15H2,1-2H3/t16-/m0/s1. The minimum Gasteiger partial charge on any atom is -0.338 e. The van der Waals surface area contributed by atoms with Gasteiger partial charge in [-0.05, 0) is 49.4 Å². The molecular formula is C22H26N4O. The van der Waals surface area contributed by atoms with Crippen LogP contribution in [-0.4, -0.2) is 38.4 Å². The number of benzene rings is 1. The molecule has 2 aromatic heterocycles. The van der Waals surface area contributed by atoms with Crippen molar-refractivity contribution in [2.75, 3.05) is 13.1 Å². The Morgan fingerprint density at radius 1 is 1.26 bits per heavy atom. The van der Waals surface area contributed by atoms with Crippen LogP contribution in [0.1, 0.15) is 43.5 Å².